The molecule has 0 saturated carbocycles. The van der Waals surface area contributed by atoms with Crippen molar-refractivity contribution >= 4 is 56.4 Å². The van der Waals surface area contributed by atoms with Gasteiger partial charge in [-0.25, -0.2) is 4.79 Å². The maximum Gasteiger partial charge on any atom is 0.326 e. The summed E-state index contributed by atoms with van der Waals surface area (Å²) in [5.41, 5.74) is 5.32. The molecule has 4 N–H and O–H groups in total. The van der Waals surface area contributed by atoms with Crippen LogP contribution in [0, 0.1) is 0 Å². The second kappa shape index (κ2) is 10.8. The number of primary amides is 1. The summed E-state index contributed by atoms with van der Waals surface area (Å²) in [7, 11) is 0. The first-order chi connectivity index (χ1) is 12.6. The Kier molecular flexibility index (Phi) is 9.16. The number of benzene rings is 1. The Hall–Kier alpha value is -2.20. The van der Waals surface area contributed by atoms with Crippen LogP contribution in [0.5, 0.6) is 0 Å². The highest BCUT2D eigenvalue weighted by Gasteiger charge is 2.28. The average Bonchev–Trinajstić information content (AvgIpc) is 2.57. The van der Waals surface area contributed by atoms with Crippen LogP contribution >= 0.6 is 27.7 Å². The number of thioether (sulfide) groups is 1. The second-order valence-corrected chi connectivity index (χ2v) is 7.93. The molecule has 0 fully saturated rings. The van der Waals surface area contributed by atoms with E-state index in [-0.39, 0.29) is 24.4 Å². The number of carbonyl (C=O) groups excluding carboxylic acids is 4. The van der Waals surface area contributed by atoms with Gasteiger partial charge in [0.1, 0.15) is 6.04 Å². The van der Waals surface area contributed by atoms with E-state index in [4.69, 9.17) is 10.8 Å². The van der Waals surface area contributed by atoms with E-state index in [2.05, 4.69) is 21.2 Å². The van der Waals surface area contributed by atoms with Crippen LogP contribution < -0.4 is 11.1 Å². The highest BCUT2D eigenvalue weighted by molar-refractivity contribution is 9.10. The van der Waals surface area contributed by atoms with Gasteiger partial charge in [0.15, 0.2) is 10.9 Å². The number of halogens is 1. The van der Waals surface area contributed by atoms with Crippen LogP contribution in [0.3, 0.4) is 0 Å². The number of carbonyl (C=O) groups is 5. The quantitative estimate of drug-likeness (QED) is 0.450. The molecule has 0 aromatic heterocycles. The fourth-order valence-electron chi connectivity index (χ4n) is 2.15. The number of rotatable bonds is 10. The topological polar surface area (TPSA) is 144 Å². The predicted octanol–water partition coefficient (Wildman–Crippen LogP) is 1.51. The molecule has 0 aliphatic rings. The van der Waals surface area contributed by atoms with Gasteiger partial charge in [0.25, 0.3) is 0 Å². The molecule has 0 heterocycles. The third kappa shape index (κ3) is 8.35. The van der Waals surface area contributed by atoms with Crippen LogP contribution in [0.1, 0.15) is 36.5 Å². The summed E-state index contributed by atoms with van der Waals surface area (Å²) in [6.07, 6.45) is -0.748. The molecule has 0 bridgehead atoms. The number of Topliss-reactive ketones (excluding diaryl/α,β-unsaturated/α-hetero) is 1. The van der Waals surface area contributed by atoms with Crippen molar-refractivity contribution in [2.24, 2.45) is 5.73 Å². The number of ketones is 1. The normalized spacial score (nSPS) is 12.7. The molecule has 146 valence electrons. The van der Waals surface area contributed by atoms with Crippen molar-refractivity contribution in [2.45, 2.75) is 37.5 Å². The molecule has 27 heavy (non-hydrogen) atoms. The molecule has 1 rings (SSSR count). The van der Waals surface area contributed by atoms with E-state index in [0.717, 1.165) is 4.47 Å². The summed E-state index contributed by atoms with van der Waals surface area (Å²) in [6, 6.07) is 5.13. The van der Waals surface area contributed by atoms with Gasteiger partial charge in [-0.15, -0.1) is 0 Å². The number of nitrogens with one attached hydrogen (secondary N) is 1. The number of hydrogen-bond donors (Lipinski definition) is 3. The molecule has 1 unspecified atom stereocenters. The van der Waals surface area contributed by atoms with Crippen molar-refractivity contribution in [3.63, 3.8) is 0 Å². The lowest BCUT2D eigenvalue weighted by atomic mass is 10.1. The number of carboxylic acid groups (broad SMARTS) is 1. The van der Waals surface area contributed by atoms with Crippen molar-refractivity contribution in [1.29, 1.82) is 0 Å². The molecule has 0 radical (unpaired) electrons. The summed E-state index contributed by atoms with van der Waals surface area (Å²) in [5.74, 6) is -3.14. The van der Waals surface area contributed by atoms with Crippen molar-refractivity contribution in [2.75, 3.05) is 0 Å². The van der Waals surface area contributed by atoms with E-state index >= 15 is 0 Å². The van der Waals surface area contributed by atoms with Gasteiger partial charge in [-0.05, 0) is 18.6 Å². The fourth-order valence-corrected chi connectivity index (χ4v) is 3.30. The maximum atomic E-state index is 12.6. The first kappa shape index (κ1) is 22.8. The number of aliphatic carboxylic acids is 1. The number of hydrogen-bond acceptors (Lipinski definition) is 6. The van der Waals surface area contributed by atoms with E-state index in [9.17, 15) is 24.0 Å². The predicted molar refractivity (Wildman–Crippen MR) is 103 cm³/mol. The van der Waals surface area contributed by atoms with Gasteiger partial charge in [0.05, 0.1) is 5.25 Å². The standard InChI is InChI=1S/C17H19BrN2O6S/c1-9(21)27-13(16(24)10-2-4-11(18)5-3-10)8-15(23)20-12(17(25)26)6-7-14(19)22/h2-5,12-13H,6-8H2,1H3,(H2,19,22)(H,20,23)(H,25,26)/t12-,13?/m0/s1. The van der Waals surface area contributed by atoms with Gasteiger partial charge >= 0.3 is 5.97 Å². The van der Waals surface area contributed by atoms with Crippen LogP contribution in [0.15, 0.2) is 28.7 Å². The zero-order valence-electron chi connectivity index (χ0n) is 14.4. The summed E-state index contributed by atoms with van der Waals surface area (Å²) >= 11 is 3.96. The Morgan fingerprint density at radius 2 is 1.78 bits per heavy atom. The Morgan fingerprint density at radius 3 is 2.26 bits per heavy atom. The molecule has 0 spiro atoms. The minimum Gasteiger partial charge on any atom is -0.480 e. The van der Waals surface area contributed by atoms with E-state index < -0.39 is 34.9 Å². The zero-order chi connectivity index (χ0) is 20.6. The minimum atomic E-state index is -1.32. The molecule has 2 atom stereocenters. The smallest absolute Gasteiger partial charge is 0.326 e. The van der Waals surface area contributed by atoms with Crippen molar-refractivity contribution in [3.05, 3.63) is 34.3 Å². The van der Waals surface area contributed by atoms with Crippen molar-refractivity contribution < 1.29 is 29.1 Å². The Balaban J connectivity index is 2.85. The van der Waals surface area contributed by atoms with Crippen LogP contribution in [-0.4, -0.2) is 45.1 Å². The monoisotopic (exact) mass is 458 g/mol. The Morgan fingerprint density at radius 1 is 1.19 bits per heavy atom. The zero-order valence-corrected chi connectivity index (χ0v) is 16.8. The largest absolute Gasteiger partial charge is 0.480 e. The lowest BCUT2D eigenvalue weighted by Gasteiger charge is -2.17. The molecule has 0 aliphatic carbocycles. The minimum absolute atomic E-state index is 0.165. The molecule has 0 saturated heterocycles. The molecule has 8 nitrogen and oxygen atoms in total. The van der Waals surface area contributed by atoms with Crippen LogP contribution in [0.2, 0.25) is 0 Å². The van der Waals surface area contributed by atoms with Gasteiger partial charge in [0, 0.05) is 29.8 Å². The molecule has 10 heteroatoms. The first-order valence-corrected chi connectivity index (χ1v) is 9.55. The van der Waals surface area contributed by atoms with Crippen LogP contribution in [-0.2, 0) is 19.2 Å². The SMILES string of the molecule is CC(=O)SC(CC(=O)N[C@@H](CCC(N)=O)C(=O)O)C(=O)c1ccc(Br)cc1. The van der Waals surface area contributed by atoms with E-state index in [0.29, 0.717) is 17.3 Å². The maximum absolute atomic E-state index is 12.6. The Labute approximate surface area is 168 Å². The summed E-state index contributed by atoms with van der Waals surface area (Å²) < 4.78 is 0.770. The van der Waals surface area contributed by atoms with E-state index in [1.165, 1.54) is 6.92 Å². The first-order valence-electron chi connectivity index (χ1n) is 7.87. The lowest BCUT2D eigenvalue weighted by Crippen LogP contribution is -2.43. The molecule has 1 aromatic carbocycles. The second-order valence-electron chi connectivity index (χ2n) is 5.64. The van der Waals surface area contributed by atoms with E-state index in [1.54, 1.807) is 24.3 Å². The number of amides is 2. The van der Waals surface area contributed by atoms with E-state index in [1.807, 2.05) is 0 Å². The Bertz CT molecular complexity index is 737. The molecule has 2 amide bonds. The highest BCUT2D eigenvalue weighted by atomic mass is 79.9. The van der Waals surface area contributed by atoms with Gasteiger partial charge in [-0.3, -0.25) is 19.2 Å². The summed E-state index contributed by atoms with van der Waals surface area (Å²) in [4.78, 5) is 58.3. The number of carboxylic acids is 1. The van der Waals surface area contributed by atoms with Gasteiger partial charge in [-0.2, -0.15) is 0 Å². The van der Waals surface area contributed by atoms with Gasteiger partial charge in [0.2, 0.25) is 11.8 Å². The third-order valence-corrected chi connectivity index (χ3v) is 4.94. The van der Waals surface area contributed by atoms with Crippen molar-refractivity contribution in [1.82, 2.24) is 5.32 Å². The summed E-state index contributed by atoms with van der Waals surface area (Å²) in [6.45, 7) is 1.28. The van der Waals surface area contributed by atoms with Crippen LogP contribution in [0.4, 0.5) is 0 Å². The molecule has 0 aliphatic heterocycles. The fraction of sp³-hybridized carbons (Fsp3) is 0.353. The average molecular weight is 459 g/mol. The van der Waals surface area contributed by atoms with Crippen molar-refractivity contribution in [3.8, 4) is 0 Å². The van der Waals surface area contributed by atoms with Gasteiger partial charge in [-0.1, -0.05) is 39.8 Å². The lowest BCUT2D eigenvalue weighted by molar-refractivity contribution is -0.142. The van der Waals surface area contributed by atoms with Gasteiger partial charge < -0.3 is 16.2 Å². The third-order valence-electron chi connectivity index (χ3n) is 3.41. The highest BCUT2D eigenvalue weighted by Crippen LogP contribution is 2.22. The molecule has 1 aromatic rings. The number of nitrogens with two attached hydrogens (primary N) is 1. The van der Waals surface area contributed by atoms with Crippen LogP contribution in [0.25, 0.3) is 0 Å². The summed E-state index contributed by atoms with van der Waals surface area (Å²) in [5, 5.41) is 10.1. The molecular weight excluding hydrogens is 440 g/mol. The molecular formula is C17H19BrN2O6S.